The summed E-state index contributed by atoms with van der Waals surface area (Å²) < 4.78 is 0. The maximum Gasteiger partial charge on any atom is 0.254 e. The van der Waals surface area contributed by atoms with Crippen molar-refractivity contribution in [2.75, 3.05) is 6.73 Å². The molecule has 1 amide bonds. The van der Waals surface area contributed by atoms with Gasteiger partial charge in [-0.2, -0.15) is 0 Å². The molecule has 0 atom stereocenters. The van der Waals surface area contributed by atoms with Crippen molar-refractivity contribution in [2.24, 2.45) is 0 Å². The van der Waals surface area contributed by atoms with Crippen LogP contribution < -0.4 is 0 Å². The van der Waals surface area contributed by atoms with E-state index in [-0.39, 0.29) is 12.6 Å². The Balaban J connectivity index is 4.15. The molecule has 56 valence electrons. The summed E-state index contributed by atoms with van der Waals surface area (Å²) in [4.78, 5) is 12.0. The third kappa shape index (κ3) is 2.03. The first-order chi connectivity index (χ1) is 4.63. The number of carbonyl (C=O) groups excluding carboxylic acids is 1. The van der Waals surface area contributed by atoms with E-state index >= 15 is 0 Å². The average molecular weight is 141 g/mol. The molecule has 0 bridgehead atoms. The number of rotatable bonds is 3. The van der Waals surface area contributed by atoms with Crippen molar-refractivity contribution in [2.45, 2.75) is 6.92 Å². The van der Waals surface area contributed by atoms with Crippen molar-refractivity contribution in [1.82, 2.24) is 4.90 Å². The van der Waals surface area contributed by atoms with E-state index in [0.29, 0.717) is 5.57 Å². The lowest BCUT2D eigenvalue weighted by Gasteiger charge is -2.13. The van der Waals surface area contributed by atoms with Crippen LogP contribution in [0.1, 0.15) is 6.92 Å². The Morgan fingerprint density at radius 1 is 1.80 bits per heavy atom. The fraction of sp³-hybridized carbons (Fsp3) is 0.286. The Hall–Kier alpha value is -1.09. The molecule has 3 nitrogen and oxygen atoms in total. The molecular weight excluding hydrogens is 130 g/mol. The Morgan fingerprint density at radius 2 is 2.30 bits per heavy atom. The molecule has 1 N–H and O–H groups in total. The second-order valence-corrected chi connectivity index (χ2v) is 1.88. The van der Waals surface area contributed by atoms with Gasteiger partial charge in [0.05, 0.1) is 0 Å². The first-order valence-electron chi connectivity index (χ1n) is 2.83. The number of aliphatic hydroxyl groups is 1. The smallest absolute Gasteiger partial charge is 0.254 e. The third-order valence-corrected chi connectivity index (χ3v) is 0.999. The van der Waals surface area contributed by atoms with E-state index in [1.165, 1.54) is 6.20 Å². The van der Waals surface area contributed by atoms with E-state index in [9.17, 15) is 4.79 Å². The second-order valence-electron chi connectivity index (χ2n) is 1.88. The first kappa shape index (κ1) is 8.91. The van der Waals surface area contributed by atoms with Crippen LogP contribution in [0.25, 0.3) is 0 Å². The molecule has 0 aromatic rings. The van der Waals surface area contributed by atoms with Crippen LogP contribution in [-0.2, 0) is 4.79 Å². The number of aliphatic hydroxyl groups excluding tert-OH is 1. The number of hydrogen-bond acceptors (Lipinski definition) is 2. The van der Waals surface area contributed by atoms with Crippen molar-refractivity contribution >= 4 is 5.91 Å². The van der Waals surface area contributed by atoms with Gasteiger partial charge in [-0.25, -0.2) is 0 Å². The summed E-state index contributed by atoms with van der Waals surface area (Å²) in [5, 5.41) is 8.54. The standard InChI is InChI=1S/C7H11NO2/c1-4-8(5-9)7(10)6(2)3/h4,9H,1-2,5H2,3H3. The summed E-state index contributed by atoms with van der Waals surface area (Å²) in [6, 6.07) is 0. The molecule has 0 radical (unpaired) electrons. The van der Waals surface area contributed by atoms with E-state index < -0.39 is 0 Å². The molecule has 0 fully saturated rings. The zero-order valence-electron chi connectivity index (χ0n) is 6.00. The molecule has 0 spiro atoms. The van der Waals surface area contributed by atoms with Gasteiger partial charge in [-0.15, -0.1) is 0 Å². The van der Waals surface area contributed by atoms with Gasteiger partial charge >= 0.3 is 0 Å². The predicted molar refractivity (Wildman–Crippen MR) is 38.9 cm³/mol. The van der Waals surface area contributed by atoms with Gasteiger partial charge in [0.1, 0.15) is 6.73 Å². The topological polar surface area (TPSA) is 40.5 Å². The highest BCUT2D eigenvalue weighted by molar-refractivity contribution is 5.92. The van der Waals surface area contributed by atoms with Gasteiger partial charge in [-0.3, -0.25) is 9.69 Å². The van der Waals surface area contributed by atoms with Gasteiger partial charge in [-0.05, 0) is 6.92 Å². The highest BCUT2D eigenvalue weighted by Crippen LogP contribution is 1.96. The molecule has 0 aliphatic rings. The van der Waals surface area contributed by atoms with Crippen molar-refractivity contribution in [3.05, 3.63) is 24.9 Å². The van der Waals surface area contributed by atoms with E-state index in [4.69, 9.17) is 5.11 Å². The SMILES string of the molecule is C=CN(CO)C(=O)C(=C)C. The largest absolute Gasteiger partial charge is 0.376 e. The van der Waals surface area contributed by atoms with Gasteiger partial charge in [0.2, 0.25) is 0 Å². The Morgan fingerprint density at radius 3 is 2.40 bits per heavy atom. The molecule has 3 heteroatoms. The number of amides is 1. The van der Waals surface area contributed by atoms with E-state index in [2.05, 4.69) is 13.2 Å². The monoisotopic (exact) mass is 141 g/mol. The molecule has 0 aromatic heterocycles. The van der Waals surface area contributed by atoms with E-state index in [1.54, 1.807) is 6.92 Å². The maximum atomic E-state index is 10.9. The number of carbonyl (C=O) groups is 1. The Kier molecular flexibility index (Phi) is 3.43. The van der Waals surface area contributed by atoms with Crippen LogP contribution in [0, 0.1) is 0 Å². The van der Waals surface area contributed by atoms with Crippen LogP contribution in [-0.4, -0.2) is 22.6 Å². The zero-order chi connectivity index (χ0) is 8.15. The quantitative estimate of drug-likeness (QED) is 0.459. The second kappa shape index (κ2) is 3.85. The summed E-state index contributed by atoms with van der Waals surface area (Å²) in [6.45, 7) is 7.99. The van der Waals surface area contributed by atoms with Crippen molar-refractivity contribution in [3.8, 4) is 0 Å². The van der Waals surface area contributed by atoms with Crippen molar-refractivity contribution in [3.63, 3.8) is 0 Å². The van der Waals surface area contributed by atoms with Gasteiger partial charge in [0.15, 0.2) is 0 Å². The zero-order valence-corrected chi connectivity index (χ0v) is 6.00. The van der Waals surface area contributed by atoms with E-state index in [0.717, 1.165) is 4.90 Å². The average Bonchev–Trinajstić information content (AvgIpc) is 1.90. The summed E-state index contributed by atoms with van der Waals surface area (Å²) in [5.41, 5.74) is 0.383. The fourth-order valence-electron chi connectivity index (χ4n) is 0.450. The molecule has 0 saturated carbocycles. The van der Waals surface area contributed by atoms with Crippen molar-refractivity contribution < 1.29 is 9.90 Å². The summed E-state index contributed by atoms with van der Waals surface area (Å²) in [5.74, 6) is -0.308. The van der Waals surface area contributed by atoms with Crippen LogP contribution in [0.5, 0.6) is 0 Å². The summed E-state index contributed by atoms with van der Waals surface area (Å²) in [6.07, 6.45) is 1.26. The van der Waals surface area contributed by atoms with E-state index in [1.807, 2.05) is 0 Å². The highest BCUT2D eigenvalue weighted by Gasteiger charge is 2.07. The predicted octanol–water partition coefficient (Wildman–Crippen LogP) is 0.484. The van der Waals surface area contributed by atoms with Crippen LogP contribution in [0.3, 0.4) is 0 Å². The van der Waals surface area contributed by atoms with Gasteiger partial charge in [-0.1, -0.05) is 13.2 Å². The lowest BCUT2D eigenvalue weighted by molar-refractivity contribution is -0.127. The maximum absolute atomic E-state index is 10.9. The lowest BCUT2D eigenvalue weighted by Crippen LogP contribution is -2.26. The molecule has 0 aliphatic heterocycles. The minimum atomic E-state index is -0.352. The van der Waals surface area contributed by atoms with Gasteiger partial charge in [0, 0.05) is 11.8 Å². The molecule has 0 aliphatic carbocycles. The first-order valence-corrected chi connectivity index (χ1v) is 2.83. The minimum absolute atomic E-state index is 0.308. The van der Waals surface area contributed by atoms with Crippen LogP contribution >= 0.6 is 0 Å². The van der Waals surface area contributed by atoms with Gasteiger partial charge in [0.25, 0.3) is 5.91 Å². The molecule has 0 aromatic carbocycles. The molecule has 0 saturated heterocycles. The van der Waals surface area contributed by atoms with Crippen LogP contribution in [0.2, 0.25) is 0 Å². The molecule has 0 unspecified atom stereocenters. The summed E-state index contributed by atoms with van der Waals surface area (Å²) >= 11 is 0. The highest BCUT2D eigenvalue weighted by atomic mass is 16.3. The molecule has 10 heavy (non-hydrogen) atoms. The Bertz CT molecular complexity index is 163. The van der Waals surface area contributed by atoms with Crippen LogP contribution in [0.15, 0.2) is 24.9 Å². The molecule has 0 heterocycles. The normalized spacial score (nSPS) is 8.60. The molecule has 0 rings (SSSR count). The van der Waals surface area contributed by atoms with Gasteiger partial charge < -0.3 is 5.11 Å². The van der Waals surface area contributed by atoms with Crippen molar-refractivity contribution in [1.29, 1.82) is 0 Å². The summed E-state index contributed by atoms with van der Waals surface area (Å²) in [7, 11) is 0. The minimum Gasteiger partial charge on any atom is -0.376 e. The molecular formula is C7H11NO2. The lowest BCUT2D eigenvalue weighted by atomic mass is 10.3. The number of nitrogens with zero attached hydrogens (tertiary/aromatic N) is 1. The third-order valence-electron chi connectivity index (χ3n) is 0.999. The Labute approximate surface area is 60.3 Å². The fourth-order valence-corrected chi connectivity index (χ4v) is 0.450. The van der Waals surface area contributed by atoms with Crippen LogP contribution in [0.4, 0.5) is 0 Å². The number of hydrogen-bond donors (Lipinski definition) is 1.